The summed E-state index contributed by atoms with van der Waals surface area (Å²) in [6.45, 7) is 2.25. The van der Waals surface area contributed by atoms with E-state index in [1.165, 1.54) is 49.2 Å². The fraction of sp³-hybridized carbons (Fsp3) is 0.0213. The van der Waals surface area contributed by atoms with Gasteiger partial charge in [0.2, 0.25) is 0 Å². The quantitative estimate of drug-likeness (QED) is 0.185. The predicted octanol–water partition coefficient (Wildman–Crippen LogP) is 12.0. The molecule has 0 saturated carbocycles. The average Bonchev–Trinajstić information content (AvgIpc) is 3.72. The minimum Gasteiger partial charge on any atom is -0.307 e. The maximum absolute atomic E-state index is 5.09. The topological polar surface area (TPSA) is 35.6 Å². The highest BCUT2D eigenvalue weighted by atomic mass is 15.0. The van der Waals surface area contributed by atoms with E-state index in [1.54, 1.807) is 0 Å². The lowest BCUT2D eigenvalue weighted by Crippen LogP contribution is -1.99. The summed E-state index contributed by atoms with van der Waals surface area (Å²) in [5, 5.41) is 5.01. The lowest BCUT2D eigenvalue weighted by Gasteiger charge is -2.14. The summed E-state index contributed by atoms with van der Waals surface area (Å²) in [5.74, 6) is 0.700. The first-order chi connectivity index (χ1) is 25.2. The molecule has 0 bridgehead atoms. The highest BCUT2D eigenvalue weighted by molar-refractivity contribution is 6.24. The number of benzene rings is 7. The Morgan fingerprint density at radius 2 is 0.882 bits per heavy atom. The number of nitrogens with zero attached hydrogens (tertiary/aromatic N) is 4. The Morgan fingerprint density at radius 1 is 0.392 bits per heavy atom. The fourth-order valence-electron chi connectivity index (χ4n) is 7.76. The summed E-state index contributed by atoms with van der Waals surface area (Å²) < 4.78 is 4.88. The smallest absolute Gasteiger partial charge is 0.160 e. The van der Waals surface area contributed by atoms with Crippen LogP contribution in [-0.4, -0.2) is 19.1 Å². The second-order valence-electron chi connectivity index (χ2n) is 13.1. The summed E-state index contributed by atoms with van der Waals surface area (Å²) in [4.78, 5) is 10.2. The van der Waals surface area contributed by atoms with Crippen LogP contribution >= 0.6 is 0 Å². The Labute approximate surface area is 295 Å². The minimum atomic E-state index is 0.700. The van der Waals surface area contributed by atoms with E-state index in [2.05, 4.69) is 180 Å². The van der Waals surface area contributed by atoms with Crippen LogP contribution in [0.3, 0.4) is 0 Å². The van der Waals surface area contributed by atoms with E-state index in [-0.39, 0.29) is 0 Å². The van der Waals surface area contributed by atoms with Crippen molar-refractivity contribution in [2.75, 3.05) is 0 Å². The molecule has 0 atom stereocenters. The van der Waals surface area contributed by atoms with Gasteiger partial charge in [-0.25, -0.2) is 9.97 Å². The molecule has 0 saturated heterocycles. The van der Waals surface area contributed by atoms with E-state index in [0.29, 0.717) is 5.82 Å². The zero-order chi connectivity index (χ0) is 33.9. The van der Waals surface area contributed by atoms with Crippen molar-refractivity contribution in [3.05, 3.63) is 181 Å². The molecule has 7 aromatic carbocycles. The number of hydrogen-bond donors (Lipinski definition) is 0. The number of rotatable bonds is 5. The molecule has 3 aromatic heterocycles. The van der Waals surface area contributed by atoms with Crippen LogP contribution in [0.25, 0.3) is 88.9 Å². The molecule has 240 valence electrons. The highest BCUT2D eigenvalue weighted by Gasteiger charge is 2.22. The van der Waals surface area contributed by atoms with E-state index in [4.69, 9.17) is 9.97 Å². The van der Waals surface area contributed by atoms with Crippen molar-refractivity contribution in [3.8, 4) is 45.3 Å². The highest BCUT2D eigenvalue weighted by Crippen LogP contribution is 2.43. The van der Waals surface area contributed by atoms with Crippen molar-refractivity contribution in [1.82, 2.24) is 19.1 Å². The molecule has 0 amide bonds. The first-order valence-corrected chi connectivity index (χ1v) is 17.3. The molecule has 0 fully saturated rings. The first kappa shape index (κ1) is 29.2. The second kappa shape index (κ2) is 11.7. The van der Waals surface area contributed by atoms with Crippen LogP contribution < -0.4 is 0 Å². The van der Waals surface area contributed by atoms with Crippen LogP contribution in [0.15, 0.2) is 176 Å². The molecule has 4 heteroatoms. The lowest BCUT2D eigenvalue weighted by molar-refractivity contribution is 1.14. The van der Waals surface area contributed by atoms with Gasteiger partial charge < -0.3 is 9.13 Å². The Hall–Kier alpha value is -6.78. The summed E-state index contributed by atoms with van der Waals surface area (Å²) in [7, 11) is 0. The summed E-state index contributed by atoms with van der Waals surface area (Å²) >= 11 is 0. The van der Waals surface area contributed by atoms with Gasteiger partial charge in [0.25, 0.3) is 0 Å². The van der Waals surface area contributed by atoms with Gasteiger partial charge in [-0.15, -0.1) is 0 Å². The largest absolute Gasteiger partial charge is 0.307 e. The molecule has 0 aliphatic carbocycles. The van der Waals surface area contributed by atoms with Crippen LogP contribution in [0.5, 0.6) is 0 Å². The normalized spacial score (nSPS) is 11.6. The van der Waals surface area contributed by atoms with Crippen LogP contribution in [0, 0.1) is 6.92 Å². The van der Waals surface area contributed by atoms with Gasteiger partial charge in [-0.1, -0.05) is 115 Å². The summed E-state index contributed by atoms with van der Waals surface area (Å²) in [5.41, 5.74) is 13.2. The van der Waals surface area contributed by atoms with Crippen LogP contribution in [0.4, 0.5) is 0 Å². The lowest BCUT2D eigenvalue weighted by atomic mass is 10.0. The monoisotopic (exact) mass is 652 g/mol. The molecule has 51 heavy (non-hydrogen) atoms. The second-order valence-corrected chi connectivity index (χ2v) is 13.1. The third-order valence-electron chi connectivity index (χ3n) is 10.0. The van der Waals surface area contributed by atoms with E-state index in [0.717, 1.165) is 39.5 Å². The Kier molecular flexibility index (Phi) is 6.68. The van der Waals surface area contributed by atoms with Crippen LogP contribution in [0.1, 0.15) is 5.56 Å². The van der Waals surface area contributed by atoms with Gasteiger partial charge in [0, 0.05) is 49.6 Å². The Morgan fingerprint density at radius 3 is 1.51 bits per heavy atom. The van der Waals surface area contributed by atoms with Gasteiger partial charge in [0.1, 0.15) is 0 Å². The predicted molar refractivity (Wildman–Crippen MR) is 212 cm³/mol. The SMILES string of the molecule is Cc1cc2c3ccccc3n(-c3ccc(-c4nc(-c5ccccc5)cc(-c5ccccc5)n4)cc3)c2c2c1c1ccccc1n2-c1ccccc1. The van der Waals surface area contributed by atoms with E-state index >= 15 is 0 Å². The molecule has 0 radical (unpaired) electrons. The van der Waals surface area contributed by atoms with E-state index in [9.17, 15) is 0 Å². The van der Waals surface area contributed by atoms with Crippen molar-refractivity contribution >= 4 is 43.6 Å². The molecule has 10 rings (SSSR count). The maximum atomic E-state index is 5.09. The molecule has 3 heterocycles. The van der Waals surface area contributed by atoms with Gasteiger partial charge in [0.15, 0.2) is 5.82 Å². The van der Waals surface area contributed by atoms with Crippen LogP contribution in [-0.2, 0) is 0 Å². The first-order valence-electron chi connectivity index (χ1n) is 17.3. The zero-order valence-electron chi connectivity index (χ0n) is 28.0. The maximum Gasteiger partial charge on any atom is 0.160 e. The van der Waals surface area contributed by atoms with Gasteiger partial charge in [-0.2, -0.15) is 0 Å². The Balaban J connectivity index is 1.22. The number of aryl methyl sites for hydroxylation is 1. The zero-order valence-corrected chi connectivity index (χ0v) is 28.0. The molecular formula is C47H32N4. The summed E-state index contributed by atoms with van der Waals surface area (Å²) in [6.07, 6.45) is 0. The molecular weight excluding hydrogens is 621 g/mol. The number of fused-ring (bicyclic) bond motifs is 7. The van der Waals surface area contributed by atoms with E-state index in [1.807, 2.05) is 12.1 Å². The third-order valence-corrected chi connectivity index (χ3v) is 10.0. The standard InChI is InChI=1S/C47H32N4/c1-31-29-39-37-21-11-13-23-42(37)50(45(39)46-44(31)38-22-12-14-24-43(38)51(46)35-19-9-4-10-20-35)36-27-25-34(26-28-36)47-48-40(32-15-5-2-6-16-32)30-41(49-47)33-17-7-3-8-18-33/h2-30H,1H3. The average molecular weight is 653 g/mol. The number of aromatic nitrogens is 4. The van der Waals surface area contributed by atoms with Gasteiger partial charge in [0.05, 0.1) is 33.5 Å². The van der Waals surface area contributed by atoms with Gasteiger partial charge in [-0.05, 0) is 73.2 Å². The molecule has 0 aliphatic rings. The van der Waals surface area contributed by atoms with Crippen LogP contribution in [0.2, 0.25) is 0 Å². The van der Waals surface area contributed by atoms with Gasteiger partial charge >= 0.3 is 0 Å². The molecule has 0 spiro atoms. The molecule has 10 aromatic rings. The third kappa shape index (κ3) is 4.68. The van der Waals surface area contributed by atoms with Crippen molar-refractivity contribution in [1.29, 1.82) is 0 Å². The van der Waals surface area contributed by atoms with Gasteiger partial charge in [-0.3, -0.25) is 0 Å². The van der Waals surface area contributed by atoms with Crippen molar-refractivity contribution < 1.29 is 0 Å². The van der Waals surface area contributed by atoms with Crippen molar-refractivity contribution in [2.24, 2.45) is 0 Å². The van der Waals surface area contributed by atoms with Crippen molar-refractivity contribution in [3.63, 3.8) is 0 Å². The van der Waals surface area contributed by atoms with E-state index < -0.39 is 0 Å². The molecule has 4 nitrogen and oxygen atoms in total. The minimum absolute atomic E-state index is 0.700. The molecule has 0 unspecified atom stereocenters. The number of hydrogen-bond acceptors (Lipinski definition) is 2. The van der Waals surface area contributed by atoms with Crippen molar-refractivity contribution in [2.45, 2.75) is 6.92 Å². The summed E-state index contributed by atoms with van der Waals surface area (Å²) in [6, 6.07) is 62.1. The Bertz CT molecular complexity index is 2830. The fourth-order valence-corrected chi connectivity index (χ4v) is 7.76. The number of para-hydroxylation sites is 3. The molecule has 0 aliphatic heterocycles. The molecule has 0 N–H and O–H groups in total.